The van der Waals surface area contributed by atoms with Crippen molar-refractivity contribution in [3.63, 3.8) is 0 Å². The molecule has 0 atom stereocenters. The summed E-state index contributed by atoms with van der Waals surface area (Å²) in [6.07, 6.45) is 1.63. The van der Waals surface area contributed by atoms with Crippen LogP contribution in [0.1, 0.15) is 11.1 Å². The van der Waals surface area contributed by atoms with Crippen molar-refractivity contribution in [3.8, 4) is 11.5 Å². The number of hydrogen-bond acceptors (Lipinski definition) is 6. The van der Waals surface area contributed by atoms with Crippen LogP contribution in [0.4, 0.5) is 5.82 Å². The zero-order chi connectivity index (χ0) is 17.9. The third kappa shape index (κ3) is 3.15. The van der Waals surface area contributed by atoms with Crippen molar-refractivity contribution >= 4 is 16.7 Å². The van der Waals surface area contributed by atoms with Crippen LogP contribution in [0.25, 0.3) is 10.9 Å². The van der Waals surface area contributed by atoms with Gasteiger partial charge in [0.05, 0.1) is 12.1 Å². The molecule has 134 valence electrons. The van der Waals surface area contributed by atoms with E-state index < -0.39 is 0 Å². The Balaban J connectivity index is 1.70. The molecule has 0 fully saturated rings. The van der Waals surface area contributed by atoms with Crippen molar-refractivity contribution in [2.75, 3.05) is 32.0 Å². The number of fused-ring (bicyclic) bond motifs is 2. The highest BCUT2D eigenvalue weighted by Crippen LogP contribution is 2.33. The Morgan fingerprint density at radius 3 is 2.88 bits per heavy atom. The molecule has 0 unspecified atom stereocenters. The quantitative estimate of drug-likeness (QED) is 0.679. The predicted molar refractivity (Wildman–Crippen MR) is 99.8 cm³/mol. The van der Waals surface area contributed by atoms with Gasteiger partial charge < -0.3 is 19.1 Å². The van der Waals surface area contributed by atoms with Crippen LogP contribution in [-0.2, 0) is 11.3 Å². The molecule has 1 aliphatic heterocycles. The second kappa shape index (κ2) is 7.17. The second-order valence-corrected chi connectivity index (χ2v) is 6.27. The second-order valence-electron chi connectivity index (χ2n) is 6.27. The fraction of sp³-hybridized carbons (Fsp3) is 0.300. The summed E-state index contributed by atoms with van der Waals surface area (Å²) in [5, 5.41) is 1.05. The highest BCUT2D eigenvalue weighted by atomic mass is 16.7. The number of rotatable bonds is 6. The first-order valence-corrected chi connectivity index (χ1v) is 8.59. The van der Waals surface area contributed by atoms with E-state index in [2.05, 4.69) is 40.0 Å². The van der Waals surface area contributed by atoms with Crippen LogP contribution in [0.2, 0.25) is 0 Å². The van der Waals surface area contributed by atoms with Crippen molar-refractivity contribution in [1.82, 2.24) is 9.97 Å². The molecule has 2 aromatic carbocycles. The molecule has 0 N–H and O–H groups in total. The van der Waals surface area contributed by atoms with E-state index >= 15 is 0 Å². The summed E-state index contributed by atoms with van der Waals surface area (Å²) >= 11 is 0. The van der Waals surface area contributed by atoms with E-state index in [0.717, 1.165) is 45.9 Å². The number of hydrogen-bond donors (Lipinski definition) is 0. The zero-order valence-electron chi connectivity index (χ0n) is 14.9. The molecule has 1 aliphatic rings. The molecule has 0 radical (unpaired) electrons. The monoisotopic (exact) mass is 351 g/mol. The van der Waals surface area contributed by atoms with E-state index in [-0.39, 0.29) is 6.79 Å². The summed E-state index contributed by atoms with van der Waals surface area (Å²) in [6.45, 7) is 4.38. The average molecular weight is 351 g/mol. The van der Waals surface area contributed by atoms with Gasteiger partial charge in [-0.05, 0) is 36.2 Å². The molecule has 6 heteroatoms. The maximum atomic E-state index is 5.50. The minimum absolute atomic E-state index is 0.280. The molecule has 26 heavy (non-hydrogen) atoms. The van der Waals surface area contributed by atoms with Crippen LogP contribution in [0.15, 0.2) is 42.7 Å². The lowest BCUT2D eigenvalue weighted by molar-refractivity contribution is 0.174. The van der Waals surface area contributed by atoms with Gasteiger partial charge in [-0.1, -0.05) is 18.2 Å². The Morgan fingerprint density at radius 1 is 1.12 bits per heavy atom. The van der Waals surface area contributed by atoms with Gasteiger partial charge in [-0.2, -0.15) is 0 Å². The summed E-state index contributed by atoms with van der Waals surface area (Å²) in [5.41, 5.74) is 3.25. The molecule has 6 nitrogen and oxygen atoms in total. The molecule has 2 heterocycles. The van der Waals surface area contributed by atoms with E-state index in [4.69, 9.17) is 14.2 Å². The molecule has 3 aromatic rings. The minimum atomic E-state index is 0.280. The SMILES string of the molecule is COCCN(Cc1ccc2c(c1)OCO2)c1ncnc2c(C)cccc12. The van der Waals surface area contributed by atoms with Gasteiger partial charge in [0.2, 0.25) is 6.79 Å². The van der Waals surface area contributed by atoms with Gasteiger partial charge in [0.25, 0.3) is 0 Å². The first kappa shape index (κ1) is 16.6. The molecule has 0 saturated heterocycles. The number of ether oxygens (including phenoxy) is 3. The fourth-order valence-electron chi connectivity index (χ4n) is 3.19. The summed E-state index contributed by atoms with van der Waals surface area (Å²) in [6, 6.07) is 12.2. The highest BCUT2D eigenvalue weighted by Gasteiger charge is 2.17. The topological polar surface area (TPSA) is 56.7 Å². The molecule has 0 amide bonds. The van der Waals surface area contributed by atoms with E-state index in [1.165, 1.54) is 0 Å². The lowest BCUT2D eigenvalue weighted by atomic mass is 10.1. The summed E-state index contributed by atoms with van der Waals surface area (Å²) in [4.78, 5) is 11.2. The van der Waals surface area contributed by atoms with Gasteiger partial charge in [-0.3, -0.25) is 0 Å². The normalized spacial score (nSPS) is 12.5. The largest absolute Gasteiger partial charge is 0.454 e. The Bertz CT molecular complexity index is 929. The molecule has 0 bridgehead atoms. The van der Waals surface area contributed by atoms with Gasteiger partial charge in [0.15, 0.2) is 11.5 Å². The number of aromatic nitrogens is 2. The van der Waals surface area contributed by atoms with Gasteiger partial charge in [0.1, 0.15) is 12.1 Å². The van der Waals surface area contributed by atoms with E-state index in [0.29, 0.717) is 13.2 Å². The van der Waals surface area contributed by atoms with Crippen LogP contribution in [-0.4, -0.2) is 37.0 Å². The first-order valence-electron chi connectivity index (χ1n) is 8.59. The van der Waals surface area contributed by atoms with Gasteiger partial charge in [0, 0.05) is 25.6 Å². The predicted octanol–water partition coefficient (Wildman–Crippen LogP) is 3.32. The van der Waals surface area contributed by atoms with Gasteiger partial charge in [-0.15, -0.1) is 0 Å². The number of para-hydroxylation sites is 1. The zero-order valence-corrected chi connectivity index (χ0v) is 14.9. The van der Waals surface area contributed by atoms with Crippen LogP contribution in [0, 0.1) is 6.92 Å². The van der Waals surface area contributed by atoms with Crippen LogP contribution in [0.3, 0.4) is 0 Å². The highest BCUT2D eigenvalue weighted by molar-refractivity contribution is 5.91. The third-order valence-electron chi connectivity index (χ3n) is 4.52. The maximum Gasteiger partial charge on any atom is 0.231 e. The van der Waals surface area contributed by atoms with Crippen LogP contribution < -0.4 is 14.4 Å². The molecular weight excluding hydrogens is 330 g/mol. The first-order chi connectivity index (χ1) is 12.8. The van der Waals surface area contributed by atoms with Crippen molar-refractivity contribution in [3.05, 3.63) is 53.9 Å². The Morgan fingerprint density at radius 2 is 2.00 bits per heavy atom. The molecule has 0 spiro atoms. The maximum absolute atomic E-state index is 5.50. The molecular formula is C20H21N3O3. The number of aryl methyl sites for hydroxylation is 1. The fourth-order valence-corrected chi connectivity index (χ4v) is 3.19. The van der Waals surface area contributed by atoms with Crippen LogP contribution in [0.5, 0.6) is 11.5 Å². The number of benzene rings is 2. The summed E-state index contributed by atoms with van der Waals surface area (Å²) in [5.74, 6) is 2.49. The average Bonchev–Trinajstić information content (AvgIpc) is 3.13. The minimum Gasteiger partial charge on any atom is -0.454 e. The Labute approximate surface area is 152 Å². The van der Waals surface area contributed by atoms with Gasteiger partial charge >= 0.3 is 0 Å². The number of nitrogens with zero attached hydrogens (tertiary/aromatic N) is 3. The smallest absolute Gasteiger partial charge is 0.231 e. The van der Waals surface area contributed by atoms with Crippen molar-refractivity contribution < 1.29 is 14.2 Å². The van der Waals surface area contributed by atoms with Crippen molar-refractivity contribution in [2.24, 2.45) is 0 Å². The standard InChI is InChI=1S/C20H21N3O3/c1-14-4-3-5-16-19(14)21-12-22-20(16)23(8-9-24-2)11-15-6-7-17-18(10-15)26-13-25-17/h3-7,10,12H,8-9,11,13H2,1-2H3. The van der Waals surface area contributed by atoms with E-state index in [1.807, 2.05) is 18.2 Å². The lowest BCUT2D eigenvalue weighted by Gasteiger charge is -2.25. The van der Waals surface area contributed by atoms with E-state index in [9.17, 15) is 0 Å². The molecule has 1 aromatic heterocycles. The van der Waals surface area contributed by atoms with Crippen molar-refractivity contribution in [1.29, 1.82) is 0 Å². The Hall–Kier alpha value is -2.86. The summed E-state index contributed by atoms with van der Waals surface area (Å²) in [7, 11) is 1.71. The Kier molecular flexibility index (Phi) is 4.58. The lowest BCUT2D eigenvalue weighted by Crippen LogP contribution is -2.28. The summed E-state index contributed by atoms with van der Waals surface area (Å²) < 4.78 is 16.2. The third-order valence-corrected chi connectivity index (χ3v) is 4.52. The van der Waals surface area contributed by atoms with Gasteiger partial charge in [-0.25, -0.2) is 9.97 Å². The molecule has 0 saturated carbocycles. The van der Waals surface area contributed by atoms with Crippen LogP contribution >= 0.6 is 0 Å². The molecule has 0 aliphatic carbocycles. The molecule has 4 rings (SSSR count). The van der Waals surface area contributed by atoms with Crippen molar-refractivity contribution in [2.45, 2.75) is 13.5 Å². The van der Waals surface area contributed by atoms with E-state index in [1.54, 1.807) is 13.4 Å². The number of anilines is 1. The number of methoxy groups -OCH3 is 1.